The fourth-order valence-corrected chi connectivity index (χ4v) is 1.35. The quantitative estimate of drug-likeness (QED) is 0.447. The minimum absolute atomic E-state index is 0.969. The zero-order valence-electron chi connectivity index (χ0n) is 8.54. The van der Waals surface area contributed by atoms with Crippen LogP contribution in [0, 0.1) is 0 Å². The lowest BCUT2D eigenvalue weighted by atomic mass is 10.3. The van der Waals surface area contributed by atoms with Crippen LogP contribution >= 0.6 is 0 Å². The van der Waals surface area contributed by atoms with Crippen LogP contribution in [0.5, 0.6) is 0 Å². The minimum Gasteiger partial charge on any atom is -0.322 e. The number of hydrogen-bond acceptors (Lipinski definition) is 1. The summed E-state index contributed by atoms with van der Waals surface area (Å²) >= 11 is 0. The highest BCUT2D eigenvalue weighted by atomic mass is 15.4. The zero-order valence-corrected chi connectivity index (χ0v) is 8.54. The van der Waals surface area contributed by atoms with Crippen molar-refractivity contribution in [3.05, 3.63) is 24.0 Å². The SMILES string of the molecule is CC=C(C)CN1C=C[N+](C)(C)C1. The first-order valence-corrected chi connectivity index (χ1v) is 4.41. The maximum atomic E-state index is 2.34. The molecular formula is C10H19N2+. The highest BCUT2D eigenvalue weighted by Gasteiger charge is 2.21. The van der Waals surface area contributed by atoms with Gasteiger partial charge in [-0.2, -0.15) is 0 Å². The van der Waals surface area contributed by atoms with Crippen molar-refractivity contribution >= 4 is 0 Å². The summed E-state index contributed by atoms with van der Waals surface area (Å²) in [6.07, 6.45) is 6.59. The Morgan fingerprint density at radius 2 is 2.25 bits per heavy atom. The minimum atomic E-state index is 0.969. The Morgan fingerprint density at radius 1 is 1.58 bits per heavy atom. The van der Waals surface area contributed by atoms with Gasteiger partial charge in [-0.15, -0.1) is 0 Å². The summed E-state index contributed by atoms with van der Waals surface area (Å²) in [4.78, 5) is 2.34. The molecule has 0 radical (unpaired) electrons. The summed E-state index contributed by atoms with van der Waals surface area (Å²) in [7, 11) is 4.42. The monoisotopic (exact) mass is 167 g/mol. The first kappa shape index (κ1) is 9.33. The summed E-state index contributed by atoms with van der Waals surface area (Å²) in [6.45, 7) is 6.42. The van der Waals surface area contributed by atoms with Crippen LogP contribution in [0.1, 0.15) is 13.8 Å². The number of quaternary nitrogens is 1. The van der Waals surface area contributed by atoms with Gasteiger partial charge in [0.05, 0.1) is 20.3 Å². The predicted octanol–water partition coefficient (Wildman–Crippen LogP) is 1.77. The van der Waals surface area contributed by atoms with E-state index < -0.39 is 0 Å². The van der Waals surface area contributed by atoms with E-state index in [-0.39, 0.29) is 0 Å². The lowest BCUT2D eigenvalue weighted by molar-refractivity contribution is -0.840. The van der Waals surface area contributed by atoms with Gasteiger partial charge in [-0.05, 0) is 13.8 Å². The van der Waals surface area contributed by atoms with E-state index in [1.165, 1.54) is 5.57 Å². The van der Waals surface area contributed by atoms with E-state index >= 15 is 0 Å². The van der Waals surface area contributed by atoms with Gasteiger partial charge in [0.2, 0.25) is 0 Å². The lowest BCUT2D eigenvalue weighted by Gasteiger charge is -2.23. The first-order valence-electron chi connectivity index (χ1n) is 4.41. The molecule has 0 fully saturated rings. The standard InChI is InChI=1S/C10H19N2/c1-5-10(2)8-11-6-7-12(3,4)9-11/h5-7H,8-9H2,1-4H3/q+1. The van der Waals surface area contributed by atoms with Gasteiger partial charge < -0.3 is 4.90 Å². The Hall–Kier alpha value is -0.760. The molecule has 0 bridgehead atoms. The summed E-state index contributed by atoms with van der Waals surface area (Å²) in [5, 5.41) is 0. The van der Waals surface area contributed by atoms with Gasteiger partial charge in [-0.1, -0.05) is 11.6 Å². The number of nitrogens with zero attached hydrogens (tertiary/aromatic N) is 2. The van der Waals surface area contributed by atoms with Crippen LogP contribution < -0.4 is 0 Å². The third-order valence-electron chi connectivity index (χ3n) is 2.17. The highest BCUT2D eigenvalue weighted by molar-refractivity contribution is 5.00. The van der Waals surface area contributed by atoms with E-state index in [1.54, 1.807) is 0 Å². The molecule has 0 spiro atoms. The van der Waals surface area contributed by atoms with Crippen molar-refractivity contribution in [2.24, 2.45) is 0 Å². The molecule has 0 unspecified atom stereocenters. The molecule has 0 aliphatic carbocycles. The van der Waals surface area contributed by atoms with Crippen molar-refractivity contribution in [1.29, 1.82) is 0 Å². The van der Waals surface area contributed by atoms with E-state index in [9.17, 15) is 0 Å². The topological polar surface area (TPSA) is 3.24 Å². The lowest BCUT2D eigenvalue weighted by Crippen LogP contribution is -2.37. The fourth-order valence-electron chi connectivity index (χ4n) is 1.35. The average Bonchev–Trinajstić information content (AvgIpc) is 2.30. The molecular weight excluding hydrogens is 148 g/mol. The number of rotatable bonds is 2. The van der Waals surface area contributed by atoms with E-state index in [4.69, 9.17) is 0 Å². The molecule has 0 atom stereocenters. The van der Waals surface area contributed by atoms with Gasteiger partial charge in [0.25, 0.3) is 0 Å². The van der Waals surface area contributed by atoms with E-state index in [2.05, 4.69) is 51.3 Å². The maximum Gasteiger partial charge on any atom is 0.158 e. The normalized spacial score (nSPS) is 22.0. The second-order valence-corrected chi connectivity index (χ2v) is 4.10. The van der Waals surface area contributed by atoms with Crippen LogP contribution in [0.25, 0.3) is 0 Å². The molecule has 0 saturated heterocycles. The van der Waals surface area contributed by atoms with Crippen molar-refractivity contribution in [3.63, 3.8) is 0 Å². The smallest absolute Gasteiger partial charge is 0.158 e. The third kappa shape index (κ3) is 2.38. The van der Waals surface area contributed by atoms with Crippen LogP contribution in [-0.2, 0) is 0 Å². The van der Waals surface area contributed by atoms with Gasteiger partial charge in [0.1, 0.15) is 6.20 Å². The van der Waals surface area contributed by atoms with Crippen LogP contribution in [0.4, 0.5) is 0 Å². The molecule has 0 amide bonds. The van der Waals surface area contributed by atoms with Crippen molar-refractivity contribution in [2.45, 2.75) is 13.8 Å². The molecule has 1 heterocycles. The molecule has 0 aromatic heterocycles. The Balaban J connectivity index is 2.45. The largest absolute Gasteiger partial charge is 0.322 e. The Morgan fingerprint density at radius 3 is 2.67 bits per heavy atom. The fraction of sp³-hybridized carbons (Fsp3) is 0.600. The Bertz CT molecular complexity index is 214. The van der Waals surface area contributed by atoms with Gasteiger partial charge in [-0.3, -0.25) is 4.48 Å². The first-order chi connectivity index (χ1) is 5.53. The molecule has 2 heteroatoms. The van der Waals surface area contributed by atoms with Crippen LogP contribution in [0.15, 0.2) is 24.0 Å². The second kappa shape index (κ2) is 3.31. The summed E-state index contributed by atoms with van der Waals surface area (Å²) in [5.74, 6) is 0. The van der Waals surface area contributed by atoms with Crippen molar-refractivity contribution in [2.75, 3.05) is 27.3 Å². The molecule has 2 nitrogen and oxygen atoms in total. The molecule has 1 aliphatic rings. The van der Waals surface area contributed by atoms with E-state index in [0.717, 1.165) is 17.7 Å². The molecule has 68 valence electrons. The molecule has 12 heavy (non-hydrogen) atoms. The van der Waals surface area contributed by atoms with Crippen LogP contribution in [0.2, 0.25) is 0 Å². The third-order valence-corrected chi connectivity index (χ3v) is 2.17. The molecule has 0 N–H and O–H groups in total. The van der Waals surface area contributed by atoms with Crippen LogP contribution in [-0.4, -0.2) is 36.7 Å². The summed E-state index contributed by atoms with van der Waals surface area (Å²) in [5.41, 5.74) is 1.43. The van der Waals surface area contributed by atoms with Crippen LogP contribution in [0.3, 0.4) is 0 Å². The van der Waals surface area contributed by atoms with Gasteiger partial charge in [0.15, 0.2) is 6.67 Å². The average molecular weight is 167 g/mol. The van der Waals surface area contributed by atoms with E-state index in [1.807, 2.05) is 0 Å². The number of hydrogen-bond donors (Lipinski definition) is 0. The highest BCUT2D eigenvalue weighted by Crippen LogP contribution is 2.12. The molecule has 1 rings (SSSR count). The van der Waals surface area contributed by atoms with E-state index in [0.29, 0.717) is 0 Å². The molecule has 0 aromatic rings. The Labute approximate surface area is 75.4 Å². The van der Waals surface area contributed by atoms with Gasteiger partial charge >= 0.3 is 0 Å². The van der Waals surface area contributed by atoms with Crippen molar-refractivity contribution < 1.29 is 4.48 Å². The summed E-state index contributed by atoms with van der Waals surface area (Å²) < 4.78 is 0.969. The molecule has 1 aliphatic heterocycles. The molecule has 0 saturated carbocycles. The summed E-state index contributed by atoms with van der Waals surface area (Å²) in [6, 6.07) is 0. The predicted molar refractivity (Wildman–Crippen MR) is 52.3 cm³/mol. The zero-order chi connectivity index (χ0) is 9.19. The van der Waals surface area contributed by atoms with Gasteiger partial charge in [-0.25, -0.2) is 0 Å². The maximum absolute atomic E-state index is 2.34. The van der Waals surface area contributed by atoms with Crippen molar-refractivity contribution in [1.82, 2.24) is 4.90 Å². The Kier molecular flexibility index (Phi) is 2.58. The van der Waals surface area contributed by atoms with Gasteiger partial charge in [0, 0.05) is 6.54 Å². The van der Waals surface area contributed by atoms with Crippen molar-refractivity contribution in [3.8, 4) is 0 Å². The number of allylic oxidation sites excluding steroid dienone is 1. The second-order valence-electron chi connectivity index (χ2n) is 4.10. The molecule has 0 aromatic carbocycles.